The minimum absolute atomic E-state index is 0.201. The van der Waals surface area contributed by atoms with E-state index in [0.717, 1.165) is 25.8 Å². The Balaban J connectivity index is 2.03. The molecule has 0 spiro atoms. The fraction of sp³-hybridized carbons (Fsp3) is 0.500. The van der Waals surface area contributed by atoms with E-state index in [4.69, 9.17) is 0 Å². The summed E-state index contributed by atoms with van der Waals surface area (Å²) in [5.41, 5.74) is 2.57. The van der Waals surface area contributed by atoms with Crippen LogP contribution in [0.25, 0.3) is 0 Å². The van der Waals surface area contributed by atoms with Gasteiger partial charge in [-0.25, -0.2) is 0 Å². The van der Waals surface area contributed by atoms with Crippen molar-refractivity contribution in [2.24, 2.45) is 0 Å². The van der Waals surface area contributed by atoms with E-state index in [9.17, 15) is 4.79 Å². The van der Waals surface area contributed by atoms with Gasteiger partial charge in [-0.15, -0.1) is 0 Å². The van der Waals surface area contributed by atoms with Crippen molar-refractivity contribution in [1.29, 1.82) is 0 Å². The minimum atomic E-state index is 0.201. The molecule has 1 saturated carbocycles. The average molecular weight is 296 g/mol. The quantitative estimate of drug-likeness (QED) is 0.764. The molecule has 1 aliphatic carbocycles. The largest absolute Gasteiger partial charge is 0.335 e. The van der Waals surface area contributed by atoms with Crippen LogP contribution in [0.4, 0.5) is 0 Å². The zero-order valence-electron chi connectivity index (χ0n) is 10.2. The van der Waals surface area contributed by atoms with Crippen molar-refractivity contribution < 1.29 is 4.79 Å². The summed E-state index contributed by atoms with van der Waals surface area (Å²) in [7, 11) is 0. The Morgan fingerprint density at radius 1 is 1.29 bits per heavy atom. The molecule has 1 aromatic rings. The van der Waals surface area contributed by atoms with E-state index in [1.807, 2.05) is 4.90 Å². The first-order valence-corrected chi connectivity index (χ1v) is 7.30. The molecule has 0 unspecified atom stereocenters. The Labute approximate surface area is 111 Å². The number of carbonyl (C=O) groups is 1. The molecular formula is C14H18BrNO. The first kappa shape index (κ1) is 12.6. The maximum absolute atomic E-state index is 11.8. The second-order valence-corrected chi connectivity index (χ2v) is 5.12. The van der Waals surface area contributed by atoms with E-state index in [1.165, 1.54) is 11.1 Å². The Morgan fingerprint density at radius 2 is 1.88 bits per heavy atom. The maximum atomic E-state index is 11.8. The fourth-order valence-corrected chi connectivity index (χ4v) is 2.28. The van der Waals surface area contributed by atoms with Gasteiger partial charge in [-0.3, -0.25) is 4.79 Å². The summed E-state index contributed by atoms with van der Waals surface area (Å²) in [5.74, 6) is 0.201. The van der Waals surface area contributed by atoms with E-state index in [-0.39, 0.29) is 5.91 Å². The van der Waals surface area contributed by atoms with Gasteiger partial charge in [0.05, 0.1) is 5.33 Å². The highest BCUT2D eigenvalue weighted by molar-refractivity contribution is 9.09. The van der Waals surface area contributed by atoms with Crippen molar-refractivity contribution in [2.75, 3.05) is 5.33 Å². The summed E-state index contributed by atoms with van der Waals surface area (Å²) in [6.45, 7) is 2.90. The number of rotatable bonds is 5. The van der Waals surface area contributed by atoms with Crippen LogP contribution in [-0.4, -0.2) is 22.2 Å². The minimum Gasteiger partial charge on any atom is -0.335 e. The highest BCUT2D eigenvalue weighted by Crippen LogP contribution is 2.28. The topological polar surface area (TPSA) is 20.3 Å². The van der Waals surface area contributed by atoms with E-state index in [2.05, 4.69) is 47.1 Å². The van der Waals surface area contributed by atoms with Crippen molar-refractivity contribution in [2.45, 2.75) is 38.8 Å². The molecule has 2 nitrogen and oxygen atoms in total. The van der Waals surface area contributed by atoms with Crippen LogP contribution in [0.3, 0.4) is 0 Å². The summed E-state index contributed by atoms with van der Waals surface area (Å²) >= 11 is 3.26. The molecule has 0 atom stereocenters. The number of nitrogens with zero attached hydrogens (tertiary/aromatic N) is 1. The molecule has 17 heavy (non-hydrogen) atoms. The van der Waals surface area contributed by atoms with E-state index in [0.29, 0.717) is 11.4 Å². The third kappa shape index (κ3) is 3.32. The van der Waals surface area contributed by atoms with Gasteiger partial charge in [0, 0.05) is 12.6 Å². The van der Waals surface area contributed by atoms with Crippen molar-refractivity contribution in [3.8, 4) is 0 Å². The van der Waals surface area contributed by atoms with Crippen LogP contribution in [0.2, 0.25) is 0 Å². The van der Waals surface area contributed by atoms with Gasteiger partial charge in [0.25, 0.3) is 0 Å². The van der Waals surface area contributed by atoms with Crippen LogP contribution in [0.1, 0.15) is 30.9 Å². The van der Waals surface area contributed by atoms with Gasteiger partial charge in [0.15, 0.2) is 0 Å². The average Bonchev–Trinajstić information content (AvgIpc) is 3.20. The second kappa shape index (κ2) is 5.67. The van der Waals surface area contributed by atoms with Crippen LogP contribution >= 0.6 is 15.9 Å². The van der Waals surface area contributed by atoms with Crippen LogP contribution < -0.4 is 0 Å². The number of amides is 1. The molecule has 0 heterocycles. The molecule has 1 aromatic carbocycles. The summed E-state index contributed by atoms with van der Waals surface area (Å²) in [6, 6.07) is 9.05. The summed E-state index contributed by atoms with van der Waals surface area (Å²) in [6.07, 6.45) is 3.38. The SMILES string of the molecule is CCc1ccc(CN(C(=O)CBr)C2CC2)cc1. The lowest BCUT2D eigenvalue weighted by Crippen LogP contribution is -2.33. The van der Waals surface area contributed by atoms with E-state index in [1.54, 1.807) is 0 Å². The summed E-state index contributed by atoms with van der Waals surface area (Å²) in [5, 5.41) is 0.427. The van der Waals surface area contributed by atoms with Crippen LogP contribution in [0, 0.1) is 0 Å². The van der Waals surface area contributed by atoms with Gasteiger partial charge >= 0.3 is 0 Å². The normalized spacial score (nSPS) is 14.7. The zero-order chi connectivity index (χ0) is 12.3. The Hall–Kier alpha value is -0.830. The molecule has 0 bridgehead atoms. The lowest BCUT2D eigenvalue weighted by Gasteiger charge is -2.21. The maximum Gasteiger partial charge on any atom is 0.233 e. The van der Waals surface area contributed by atoms with Crippen LogP contribution in [0.5, 0.6) is 0 Å². The molecule has 1 amide bonds. The molecule has 1 aliphatic rings. The molecule has 3 heteroatoms. The highest BCUT2D eigenvalue weighted by atomic mass is 79.9. The van der Waals surface area contributed by atoms with Crippen LogP contribution in [0.15, 0.2) is 24.3 Å². The molecule has 0 radical (unpaired) electrons. The Kier molecular flexibility index (Phi) is 4.21. The van der Waals surface area contributed by atoms with Crippen LogP contribution in [-0.2, 0) is 17.8 Å². The molecule has 0 saturated heterocycles. The summed E-state index contributed by atoms with van der Waals surface area (Å²) in [4.78, 5) is 13.8. The number of carbonyl (C=O) groups excluding carboxylic acids is 1. The Bertz CT molecular complexity index is 384. The third-order valence-corrected chi connectivity index (χ3v) is 3.69. The van der Waals surface area contributed by atoms with Crippen molar-refractivity contribution in [3.05, 3.63) is 35.4 Å². The molecule has 2 rings (SSSR count). The predicted octanol–water partition coefficient (Wildman–Crippen LogP) is 3.13. The summed E-state index contributed by atoms with van der Waals surface area (Å²) < 4.78 is 0. The number of hydrogen-bond donors (Lipinski definition) is 0. The molecule has 0 aliphatic heterocycles. The standard InChI is InChI=1S/C14H18BrNO/c1-2-11-3-5-12(6-4-11)10-16(13-7-8-13)14(17)9-15/h3-6,13H,2,7-10H2,1H3. The third-order valence-electron chi connectivity index (χ3n) is 3.21. The van der Waals surface area contributed by atoms with Gasteiger partial charge in [-0.1, -0.05) is 47.1 Å². The molecular weight excluding hydrogens is 278 g/mol. The number of halogens is 1. The molecule has 0 N–H and O–H groups in total. The molecule has 0 aromatic heterocycles. The van der Waals surface area contributed by atoms with Crippen molar-refractivity contribution in [1.82, 2.24) is 4.90 Å². The highest BCUT2D eigenvalue weighted by Gasteiger charge is 2.31. The first-order valence-electron chi connectivity index (χ1n) is 6.18. The predicted molar refractivity (Wildman–Crippen MR) is 73.2 cm³/mol. The lowest BCUT2D eigenvalue weighted by atomic mass is 10.1. The molecule has 92 valence electrons. The van der Waals surface area contributed by atoms with Crippen molar-refractivity contribution in [3.63, 3.8) is 0 Å². The second-order valence-electron chi connectivity index (χ2n) is 4.56. The van der Waals surface area contributed by atoms with Gasteiger partial charge in [0.1, 0.15) is 0 Å². The van der Waals surface area contributed by atoms with Gasteiger partial charge in [-0.05, 0) is 30.4 Å². The van der Waals surface area contributed by atoms with Gasteiger partial charge in [-0.2, -0.15) is 0 Å². The number of aryl methyl sites for hydroxylation is 1. The van der Waals surface area contributed by atoms with Gasteiger partial charge in [0.2, 0.25) is 5.91 Å². The first-order chi connectivity index (χ1) is 8.24. The number of alkyl halides is 1. The zero-order valence-corrected chi connectivity index (χ0v) is 11.7. The molecule has 1 fully saturated rings. The lowest BCUT2D eigenvalue weighted by molar-refractivity contribution is -0.129. The Morgan fingerprint density at radius 3 is 2.35 bits per heavy atom. The monoisotopic (exact) mass is 295 g/mol. The number of hydrogen-bond acceptors (Lipinski definition) is 1. The van der Waals surface area contributed by atoms with E-state index < -0.39 is 0 Å². The van der Waals surface area contributed by atoms with E-state index >= 15 is 0 Å². The number of benzene rings is 1. The van der Waals surface area contributed by atoms with Gasteiger partial charge < -0.3 is 4.90 Å². The fourth-order valence-electron chi connectivity index (χ4n) is 1.96. The van der Waals surface area contributed by atoms with Crippen molar-refractivity contribution >= 4 is 21.8 Å². The smallest absolute Gasteiger partial charge is 0.233 e.